The molecule has 2 heterocycles. The molecule has 3 aromatic carbocycles. The third-order valence-corrected chi connectivity index (χ3v) is 7.99. The van der Waals surface area contributed by atoms with Gasteiger partial charge in [-0.1, -0.05) is 42.5 Å². The van der Waals surface area contributed by atoms with E-state index in [0.29, 0.717) is 48.4 Å². The quantitative estimate of drug-likeness (QED) is 0.137. The Morgan fingerprint density at radius 1 is 1.00 bits per heavy atom. The molecule has 240 valence electrons. The highest BCUT2D eigenvalue weighted by atomic mass is 16.7. The molecule has 5 rings (SSSR count). The van der Waals surface area contributed by atoms with E-state index in [1.54, 1.807) is 59.3 Å². The van der Waals surface area contributed by atoms with Crippen LogP contribution in [0, 0.1) is 6.92 Å². The second-order valence-corrected chi connectivity index (χ2v) is 11.1. The summed E-state index contributed by atoms with van der Waals surface area (Å²) in [7, 11) is 1.83. The minimum Gasteiger partial charge on any atom is -0.459 e. The number of aromatic nitrogens is 2. The zero-order valence-corrected chi connectivity index (χ0v) is 25.9. The second-order valence-electron chi connectivity index (χ2n) is 11.1. The Balaban J connectivity index is 1.31. The van der Waals surface area contributed by atoms with Crippen molar-refractivity contribution in [2.75, 3.05) is 24.3 Å². The van der Waals surface area contributed by atoms with Crippen molar-refractivity contribution in [1.29, 1.82) is 0 Å². The number of amides is 2. The average molecular weight is 626 g/mol. The molecule has 4 aromatic rings. The molecule has 0 saturated heterocycles. The van der Waals surface area contributed by atoms with Gasteiger partial charge in [0.2, 0.25) is 6.29 Å². The zero-order chi connectivity index (χ0) is 32.6. The van der Waals surface area contributed by atoms with Gasteiger partial charge in [-0.15, -0.1) is 0 Å². The summed E-state index contributed by atoms with van der Waals surface area (Å²) in [6.07, 6.45) is 2.49. The van der Waals surface area contributed by atoms with Crippen molar-refractivity contribution < 1.29 is 24.2 Å². The van der Waals surface area contributed by atoms with Crippen LogP contribution in [0.1, 0.15) is 52.4 Å². The standard InChI is InChI=1S/C35H39N5O6/c1-23-32(35(44)40(39(23)2)27-10-4-3-5-11-27)26-20-30(46-31(21-26)45-19-9-8-18-41)34(43)37-22-24-14-16-25(17-15-24)33(42)38-29-13-7-6-12-28(29)36/h3-7,10-17,20,26,31,41H,8-9,18-19,21-22,36H2,1-2H3,(H,37,43)(H,38,42)/t26-,31+/m1/s1. The SMILES string of the molecule is Cc1c([C@@H]2C=C(C(=O)NCc3ccc(C(=O)Nc4ccccc4N)cc3)O[C@H](OCCCCO)C2)c(=O)n(-c2ccccc2)n1C. The van der Waals surface area contributed by atoms with Crippen LogP contribution < -0.4 is 21.9 Å². The van der Waals surface area contributed by atoms with E-state index in [2.05, 4.69) is 10.6 Å². The van der Waals surface area contributed by atoms with Gasteiger partial charge in [0.05, 0.1) is 23.7 Å². The number of unbranched alkanes of at least 4 members (excludes halogenated alkanes) is 1. The normalized spacial score (nSPS) is 15.9. The maximum absolute atomic E-state index is 13.8. The van der Waals surface area contributed by atoms with Gasteiger partial charge in [-0.2, -0.15) is 0 Å². The third-order valence-electron chi connectivity index (χ3n) is 7.99. The van der Waals surface area contributed by atoms with Crippen LogP contribution in [0.25, 0.3) is 5.69 Å². The molecule has 0 radical (unpaired) electrons. The molecule has 1 aliphatic rings. The smallest absolute Gasteiger partial charge is 0.286 e. The van der Waals surface area contributed by atoms with Crippen LogP contribution in [0.15, 0.2) is 95.5 Å². The van der Waals surface area contributed by atoms with E-state index in [0.717, 1.165) is 16.9 Å². The zero-order valence-electron chi connectivity index (χ0n) is 25.9. The molecule has 46 heavy (non-hydrogen) atoms. The lowest BCUT2D eigenvalue weighted by Gasteiger charge is -2.29. The molecule has 0 fully saturated rings. The number of nitrogens with two attached hydrogens (primary N) is 1. The Bertz CT molecular complexity index is 1760. The van der Waals surface area contributed by atoms with Crippen molar-refractivity contribution in [2.24, 2.45) is 7.05 Å². The third kappa shape index (κ3) is 7.39. The van der Waals surface area contributed by atoms with Gasteiger partial charge in [0.1, 0.15) is 0 Å². The lowest BCUT2D eigenvalue weighted by atomic mass is 9.93. The number of allylic oxidation sites excluding steroid dienone is 1. The number of hydrogen-bond acceptors (Lipinski definition) is 7. The van der Waals surface area contributed by atoms with Gasteiger partial charge in [-0.3, -0.25) is 19.1 Å². The highest BCUT2D eigenvalue weighted by molar-refractivity contribution is 6.05. The number of aliphatic hydroxyl groups excluding tert-OH is 1. The number of benzene rings is 3. The summed E-state index contributed by atoms with van der Waals surface area (Å²) in [5.41, 5.74) is 10.1. The number of nitrogen functional groups attached to an aromatic ring is 1. The minimum absolute atomic E-state index is 0.0562. The first kappa shape index (κ1) is 32.3. The van der Waals surface area contributed by atoms with Crippen molar-refractivity contribution >= 4 is 23.2 Å². The summed E-state index contributed by atoms with van der Waals surface area (Å²) in [6.45, 7) is 2.46. The lowest BCUT2D eigenvalue weighted by molar-refractivity contribution is -0.146. The Hall–Kier alpha value is -5.13. The maximum Gasteiger partial charge on any atom is 0.286 e. The number of carbonyl (C=O) groups is 2. The van der Waals surface area contributed by atoms with Crippen LogP contribution in [0.4, 0.5) is 11.4 Å². The fraction of sp³-hybridized carbons (Fsp3) is 0.286. The minimum atomic E-state index is -0.755. The van der Waals surface area contributed by atoms with Gasteiger partial charge < -0.3 is 30.9 Å². The van der Waals surface area contributed by atoms with E-state index in [-0.39, 0.29) is 30.4 Å². The number of para-hydroxylation sites is 3. The molecule has 1 aromatic heterocycles. The Labute approximate surface area is 267 Å². The second kappa shape index (κ2) is 14.8. The summed E-state index contributed by atoms with van der Waals surface area (Å²) in [5.74, 6) is -1.12. The molecule has 0 unspecified atom stereocenters. The van der Waals surface area contributed by atoms with Gasteiger partial charge in [0.15, 0.2) is 5.76 Å². The predicted octanol–water partition coefficient (Wildman–Crippen LogP) is 4.14. The molecule has 11 nitrogen and oxygen atoms in total. The number of hydrogen-bond donors (Lipinski definition) is 4. The number of nitrogens with one attached hydrogen (secondary N) is 2. The lowest BCUT2D eigenvalue weighted by Crippen LogP contribution is -2.34. The Morgan fingerprint density at radius 3 is 2.43 bits per heavy atom. The topological polar surface area (TPSA) is 150 Å². The van der Waals surface area contributed by atoms with E-state index in [1.807, 2.05) is 49.0 Å². The van der Waals surface area contributed by atoms with Crippen molar-refractivity contribution in [3.63, 3.8) is 0 Å². The summed E-state index contributed by atoms with van der Waals surface area (Å²) >= 11 is 0. The largest absolute Gasteiger partial charge is 0.459 e. The molecular weight excluding hydrogens is 586 g/mol. The first-order chi connectivity index (χ1) is 22.3. The molecule has 11 heteroatoms. The molecule has 0 spiro atoms. The van der Waals surface area contributed by atoms with E-state index >= 15 is 0 Å². The maximum atomic E-state index is 13.8. The first-order valence-electron chi connectivity index (χ1n) is 15.2. The summed E-state index contributed by atoms with van der Waals surface area (Å²) in [4.78, 5) is 39.8. The molecule has 2 atom stereocenters. The van der Waals surface area contributed by atoms with Gasteiger partial charge in [0.25, 0.3) is 17.4 Å². The Kier molecular flexibility index (Phi) is 10.4. The van der Waals surface area contributed by atoms with E-state index < -0.39 is 18.1 Å². The highest BCUT2D eigenvalue weighted by Crippen LogP contribution is 2.32. The van der Waals surface area contributed by atoms with Crippen LogP contribution in [-0.4, -0.2) is 45.8 Å². The molecule has 0 saturated carbocycles. The van der Waals surface area contributed by atoms with Crippen molar-refractivity contribution in [2.45, 2.75) is 44.9 Å². The van der Waals surface area contributed by atoms with Crippen LogP contribution in [0.5, 0.6) is 0 Å². The fourth-order valence-corrected chi connectivity index (χ4v) is 5.41. The number of carbonyl (C=O) groups excluding carboxylic acids is 2. The van der Waals surface area contributed by atoms with Gasteiger partial charge >= 0.3 is 0 Å². The summed E-state index contributed by atoms with van der Waals surface area (Å²) in [6, 6.07) is 23.3. The van der Waals surface area contributed by atoms with E-state index in [4.69, 9.17) is 20.3 Å². The van der Waals surface area contributed by atoms with Crippen molar-refractivity contribution in [1.82, 2.24) is 14.7 Å². The molecule has 0 bridgehead atoms. The van der Waals surface area contributed by atoms with Gasteiger partial charge in [-0.05, 0) is 67.8 Å². The van der Waals surface area contributed by atoms with Crippen LogP contribution in [0.3, 0.4) is 0 Å². The average Bonchev–Trinajstić information content (AvgIpc) is 3.30. The summed E-state index contributed by atoms with van der Waals surface area (Å²) < 4.78 is 15.3. The fourth-order valence-electron chi connectivity index (χ4n) is 5.41. The Morgan fingerprint density at radius 2 is 1.72 bits per heavy atom. The van der Waals surface area contributed by atoms with Crippen LogP contribution in [-0.2, 0) is 27.9 Å². The van der Waals surface area contributed by atoms with Gasteiger partial charge in [0, 0.05) is 49.4 Å². The molecule has 5 N–H and O–H groups in total. The molecule has 0 aliphatic carbocycles. The highest BCUT2D eigenvalue weighted by Gasteiger charge is 2.33. The van der Waals surface area contributed by atoms with Crippen LogP contribution >= 0.6 is 0 Å². The van der Waals surface area contributed by atoms with Gasteiger partial charge in [-0.25, -0.2) is 4.68 Å². The van der Waals surface area contributed by atoms with Crippen molar-refractivity contribution in [3.05, 3.63) is 123 Å². The number of rotatable bonds is 12. The van der Waals surface area contributed by atoms with Crippen molar-refractivity contribution in [3.8, 4) is 5.69 Å². The molecule has 1 aliphatic heterocycles. The van der Waals surface area contributed by atoms with E-state index in [1.165, 1.54) is 0 Å². The number of anilines is 2. The predicted molar refractivity (Wildman–Crippen MR) is 175 cm³/mol. The molecular formula is C35H39N5O6. The number of nitrogens with zero attached hydrogens (tertiary/aromatic N) is 2. The van der Waals surface area contributed by atoms with E-state index in [9.17, 15) is 14.4 Å². The monoisotopic (exact) mass is 625 g/mol. The van der Waals surface area contributed by atoms with Crippen LogP contribution in [0.2, 0.25) is 0 Å². The number of ether oxygens (including phenoxy) is 2. The number of aliphatic hydroxyl groups is 1. The summed E-state index contributed by atoms with van der Waals surface area (Å²) in [5, 5.41) is 14.8. The first-order valence-corrected chi connectivity index (χ1v) is 15.2. The molecule has 2 amide bonds.